The van der Waals surface area contributed by atoms with E-state index in [-0.39, 0.29) is 11.6 Å². The minimum absolute atomic E-state index is 0.260. The topological polar surface area (TPSA) is 63.1 Å². The molecule has 0 unspecified atom stereocenters. The van der Waals surface area contributed by atoms with Gasteiger partial charge in [0.15, 0.2) is 5.69 Å². The number of rotatable bonds is 5. The summed E-state index contributed by atoms with van der Waals surface area (Å²) in [6, 6.07) is 10.4. The monoisotopic (exact) mass is 389 g/mol. The predicted molar refractivity (Wildman–Crippen MR) is 103 cm³/mol. The van der Waals surface area contributed by atoms with Gasteiger partial charge >= 0.3 is 0 Å². The van der Waals surface area contributed by atoms with Crippen LogP contribution in [0.4, 0.5) is 5.82 Å². The molecule has 0 saturated heterocycles. The van der Waals surface area contributed by atoms with Gasteiger partial charge in [0, 0.05) is 24.0 Å². The Morgan fingerprint density at radius 2 is 2.00 bits per heavy atom. The molecule has 1 amide bonds. The van der Waals surface area contributed by atoms with Crippen LogP contribution in [0.2, 0.25) is 10.0 Å². The van der Waals surface area contributed by atoms with Gasteiger partial charge in [0.05, 0.1) is 10.7 Å². The molecule has 0 radical (unpaired) electrons. The number of pyridine rings is 1. The third-order valence-corrected chi connectivity index (χ3v) is 4.08. The van der Waals surface area contributed by atoms with Crippen molar-refractivity contribution >= 4 is 34.9 Å². The van der Waals surface area contributed by atoms with E-state index in [4.69, 9.17) is 23.2 Å². The number of nitrogens with zero attached hydrogens (tertiary/aromatic N) is 4. The van der Waals surface area contributed by atoms with E-state index in [1.54, 1.807) is 36.7 Å². The third kappa shape index (κ3) is 4.40. The third-order valence-electron chi connectivity index (χ3n) is 3.54. The van der Waals surface area contributed by atoms with Gasteiger partial charge < -0.3 is 10.2 Å². The summed E-state index contributed by atoms with van der Waals surface area (Å²) in [6.45, 7) is 0.759. The summed E-state index contributed by atoms with van der Waals surface area (Å²) in [6.07, 6.45) is 3.33. The van der Waals surface area contributed by atoms with Crippen molar-refractivity contribution in [3.8, 4) is 5.69 Å². The Morgan fingerprint density at radius 1 is 1.19 bits per heavy atom. The van der Waals surface area contributed by atoms with Crippen LogP contribution in [0.1, 0.15) is 16.1 Å². The highest BCUT2D eigenvalue weighted by Gasteiger charge is 2.13. The zero-order valence-corrected chi connectivity index (χ0v) is 15.8. The van der Waals surface area contributed by atoms with Gasteiger partial charge in [0.2, 0.25) is 0 Å². The summed E-state index contributed by atoms with van der Waals surface area (Å²) in [5.41, 5.74) is 1.95. The molecule has 3 rings (SSSR count). The van der Waals surface area contributed by atoms with Crippen molar-refractivity contribution in [2.24, 2.45) is 0 Å². The van der Waals surface area contributed by atoms with Crippen LogP contribution in [0, 0.1) is 0 Å². The second-order valence-electron chi connectivity index (χ2n) is 5.98. The van der Waals surface area contributed by atoms with Crippen molar-refractivity contribution in [3.05, 3.63) is 70.1 Å². The van der Waals surface area contributed by atoms with E-state index in [1.165, 1.54) is 4.68 Å². The molecule has 0 aliphatic heterocycles. The first kappa shape index (κ1) is 18.4. The van der Waals surface area contributed by atoms with Crippen LogP contribution in [0.3, 0.4) is 0 Å². The second-order valence-corrected chi connectivity index (χ2v) is 6.83. The summed E-state index contributed by atoms with van der Waals surface area (Å²) in [5.74, 6) is 0.136. The van der Waals surface area contributed by atoms with Crippen LogP contribution >= 0.6 is 23.2 Å². The molecule has 2 aromatic heterocycles. The van der Waals surface area contributed by atoms with Crippen LogP contribution in [-0.2, 0) is 6.54 Å². The summed E-state index contributed by atoms with van der Waals surface area (Å²) in [4.78, 5) is 18.7. The van der Waals surface area contributed by atoms with Crippen molar-refractivity contribution in [1.29, 1.82) is 0 Å². The largest absolute Gasteiger partial charge is 0.305 e. The maximum absolute atomic E-state index is 12.4. The molecule has 0 aliphatic rings. The SMILES string of the molecule is CN(C)Cc1ccnc(NC(=O)c2ccn(-c3ccc(Cl)cc3Cl)n2)c1. The van der Waals surface area contributed by atoms with Gasteiger partial charge in [-0.1, -0.05) is 23.2 Å². The van der Waals surface area contributed by atoms with Crippen LogP contribution in [0.5, 0.6) is 0 Å². The van der Waals surface area contributed by atoms with Crippen LogP contribution < -0.4 is 5.32 Å². The number of benzene rings is 1. The first-order valence-electron chi connectivity index (χ1n) is 7.84. The number of aromatic nitrogens is 3. The molecular formula is C18H17Cl2N5O. The molecule has 0 saturated carbocycles. The lowest BCUT2D eigenvalue weighted by atomic mass is 10.2. The normalized spacial score (nSPS) is 11.0. The van der Waals surface area contributed by atoms with E-state index in [9.17, 15) is 4.79 Å². The van der Waals surface area contributed by atoms with Gasteiger partial charge in [0.25, 0.3) is 5.91 Å². The van der Waals surface area contributed by atoms with Crippen molar-refractivity contribution in [1.82, 2.24) is 19.7 Å². The van der Waals surface area contributed by atoms with E-state index in [0.717, 1.165) is 12.1 Å². The highest BCUT2D eigenvalue weighted by molar-refractivity contribution is 6.35. The molecule has 0 bridgehead atoms. The Morgan fingerprint density at radius 3 is 2.73 bits per heavy atom. The molecule has 134 valence electrons. The number of anilines is 1. The van der Waals surface area contributed by atoms with Crippen molar-refractivity contribution < 1.29 is 4.79 Å². The predicted octanol–water partition coefficient (Wildman–Crippen LogP) is 3.89. The number of amides is 1. The average Bonchev–Trinajstić information content (AvgIpc) is 3.04. The highest BCUT2D eigenvalue weighted by atomic mass is 35.5. The summed E-state index contributed by atoms with van der Waals surface area (Å²) in [5, 5.41) is 8.03. The second kappa shape index (κ2) is 7.86. The molecule has 1 N–H and O–H groups in total. The summed E-state index contributed by atoms with van der Waals surface area (Å²) < 4.78 is 1.53. The number of carbonyl (C=O) groups excluding carboxylic acids is 1. The molecule has 8 heteroatoms. The molecule has 1 aromatic carbocycles. The Kier molecular flexibility index (Phi) is 5.56. The lowest BCUT2D eigenvalue weighted by molar-refractivity contribution is 0.102. The molecular weight excluding hydrogens is 373 g/mol. The molecule has 0 aliphatic carbocycles. The van der Waals surface area contributed by atoms with Crippen LogP contribution in [0.25, 0.3) is 5.69 Å². The van der Waals surface area contributed by atoms with Gasteiger partial charge in [-0.3, -0.25) is 4.79 Å². The Hall–Kier alpha value is -2.41. The number of carbonyl (C=O) groups is 1. The van der Waals surface area contributed by atoms with Crippen LogP contribution in [0.15, 0.2) is 48.8 Å². The lowest BCUT2D eigenvalue weighted by Gasteiger charge is -2.10. The molecule has 2 heterocycles. The van der Waals surface area contributed by atoms with Crippen LogP contribution in [-0.4, -0.2) is 39.7 Å². The number of nitrogens with one attached hydrogen (secondary N) is 1. The van der Waals surface area contributed by atoms with Gasteiger partial charge in [-0.25, -0.2) is 9.67 Å². The molecule has 0 fully saturated rings. The smallest absolute Gasteiger partial charge is 0.277 e. The standard InChI is InChI=1S/C18H17Cl2N5O/c1-24(2)11-12-5-7-21-17(9-12)22-18(26)15-6-8-25(23-15)16-4-3-13(19)10-14(16)20/h3-10H,11H2,1-2H3,(H,21,22,26). The molecule has 26 heavy (non-hydrogen) atoms. The van der Waals surface area contributed by atoms with E-state index in [0.29, 0.717) is 21.6 Å². The summed E-state index contributed by atoms with van der Waals surface area (Å²) >= 11 is 12.1. The fraction of sp³-hybridized carbons (Fsp3) is 0.167. The van der Waals surface area contributed by atoms with Crippen molar-refractivity contribution in [2.45, 2.75) is 6.54 Å². The fourth-order valence-electron chi connectivity index (χ4n) is 2.43. The maximum Gasteiger partial charge on any atom is 0.277 e. The average molecular weight is 390 g/mol. The van der Waals surface area contributed by atoms with Gasteiger partial charge in [-0.15, -0.1) is 0 Å². The highest BCUT2D eigenvalue weighted by Crippen LogP contribution is 2.24. The molecule has 3 aromatic rings. The van der Waals surface area contributed by atoms with E-state index in [1.807, 2.05) is 31.1 Å². The lowest BCUT2D eigenvalue weighted by Crippen LogP contribution is -2.15. The van der Waals surface area contributed by atoms with Gasteiger partial charge in [0.1, 0.15) is 5.82 Å². The van der Waals surface area contributed by atoms with Crippen molar-refractivity contribution in [2.75, 3.05) is 19.4 Å². The number of hydrogen-bond donors (Lipinski definition) is 1. The van der Waals surface area contributed by atoms with E-state index in [2.05, 4.69) is 15.4 Å². The Balaban J connectivity index is 1.76. The number of hydrogen-bond acceptors (Lipinski definition) is 4. The molecule has 6 nitrogen and oxygen atoms in total. The first-order valence-corrected chi connectivity index (χ1v) is 8.60. The summed E-state index contributed by atoms with van der Waals surface area (Å²) in [7, 11) is 3.96. The maximum atomic E-state index is 12.4. The van der Waals surface area contributed by atoms with Gasteiger partial charge in [-0.05, 0) is 56.1 Å². The Bertz CT molecular complexity index is 939. The first-order chi connectivity index (χ1) is 12.4. The van der Waals surface area contributed by atoms with Crippen molar-refractivity contribution in [3.63, 3.8) is 0 Å². The fourth-order valence-corrected chi connectivity index (χ4v) is 2.93. The minimum atomic E-state index is -0.344. The minimum Gasteiger partial charge on any atom is -0.305 e. The zero-order valence-electron chi connectivity index (χ0n) is 14.3. The molecule has 0 spiro atoms. The zero-order chi connectivity index (χ0) is 18.7. The quantitative estimate of drug-likeness (QED) is 0.718. The molecule has 0 atom stereocenters. The van der Waals surface area contributed by atoms with E-state index < -0.39 is 0 Å². The van der Waals surface area contributed by atoms with E-state index >= 15 is 0 Å². The number of halogens is 2. The van der Waals surface area contributed by atoms with Gasteiger partial charge in [-0.2, -0.15) is 5.10 Å². The Labute approximate surface area is 161 Å².